The van der Waals surface area contributed by atoms with Crippen molar-refractivity contribution in [1.82, 2.24) is 14.4 Å². The molecule has 0 saturated heterocycles. The van der Waals surface area contributed by atoms with Gasteiger partial charge >= 0.3 is 6.03 Å². The summed E-state index contributed by atoms with van der Waals surface area (Å²) in [7, 11) is 1.58. The van der Waals surface area contributed by atoms with Gasteiger partial charge in [0.05, 0.1) is 12.6 Å². The van der Waals surface area contributed by atoms with Crippen LogP contribution in [-0.4, -0.2) is 59.7 Å². The average molecular weight is 523 g/mol. The van der Waals surface area contributed by atoms with E-state index in [1.807, 2.05) is 24.0 Å². The molecule has 2 aromatic carbocycles. The van der Waals surface area contributed by atoms with Gasteiger partial charge in [-0.3, -0.25) is 4.79 Å². The number of nitrogens with one attached hydrogen (secondary N) is 1. The highest BCUT2D eigenvalue weighted by molar-refractivity contribution is 6.31. The van der Waals surface area contributed by atoms with Gasteiger partial charge in [-0.15, -0.1) is 0 Å². The van der Waals surface area contributed by atoms with Crippen molar-refractivity contribution in [1.29, 1.82) is 0 Å². The molecule has 0 radical (unpaired) electrons. The van der Waals surface area contributed by atoms with Gasteiger partial charge in [-0.1, -0.05) is 55.8 Å². The first-order valence-corrected chi connectivity index (χ1v) is 13.0. The summed E-state index contributed by atoms with van der Waals surface area (Å²) < 4.78 is 7.42. The standard InChI is InChI=1S/C29H35ClN4O3/c1-20(2)22-8-10-23(11-9-22)28-26-6-5-13-32(26)14-15-34(28)27(35)19-33(16-17-37-4)29(36)31-24-12-7-21(3)25(30)18-24/h5-13,18,20,28H,14-17,19H2,1-4H3,(H,31,36). The maximum Gasteiger partial charge on any atom is 0.322 e. The third kappa shape index (κ3) is 6.17. The highest BCUT2D eigenvalue weighted by Gasteiger charge is 2.33. The number of fused-ring (bicyclic) bond motifs is 1. The molecule has 1 aliphatic heterocycles. The molecule has 2 heterocycles. The Morgan fingerprint density at radius 2 is 1.89 bits per heavy atom. The number of aryl methyl sites for hydroxylation is 1. The highest BCUT2D eigenvalue weighted by atomic mass is 35.5. The molecule has 37 heavy (non-hydrogen) atoms. The third-order valence-corrected chi connectivity index (χ3v) is 7.29. The van der Waals surface area contributed by atoms with E-state index < -0.39 is 0 Å². The fourth-order valence-electron chi connectivity index (χ4n) is 4.65. The number of halogens is 1. The summed E-state index contributed by atoms with van der Waals surface area (Å²) in [5, 5.41) is 3.44. The first kappa shape index (κ1) is 26.8. The summed E-state index contributed by atoms with van der Waals surface area (Å²) in [6, 6.07) is 17.3. The molecule has 3 amide bonds. The molecule has 8 heteroatoms. The fourth-order valence-corrected chi connectivity index (χ4v) is 4.83. The molecule has 196 valence electrons. The molecule has 0 saturated carbocycles. The fraction of sp³-hybridized carbons (Fsp3) is 0.379. The number of urea groups is 1. The smallest absolute Gasteiger partial charge is 0.322 e. The Kier molecular flexibility index (Phi) is 8.56. The van der Waals surface area contributed by atoms with E-state index in [1.165, 1.54) is 10.5 Å². The maximum atomic E-state index is 13.8. The van der Waals surface area contributed by atoms with Crippen LogP contribution >= 0.6 is 11.6 Å². The van der Waals surface area contributed by atoms with E-state index >= 15 is 0 Å². The van der Waals surface area contributed by atoms with Crippen LogP contribution in [0.3, 0.4) is 0 Å². The van der Waals surface area contributed by atoms with E-state index in [0.717, 1.165) is 16.8 Å². The van der Waals surface area contributed by atoms with Gasteiger partial charge in [0.1, 0.15) is 6.54 Å². The van der Waals surface area contributed by atoms with E-state index in [2.05, 4.69) is 60.3 Å². The quantitative estimate of drug-likeness (QED) is 0.413. The van der Waals surface area contributed by atoms with E-state index in [1.54, 1.807) is 19.2 Å². The van der Waals surface area contributed by atoms with Crippen molar-refractivity contribution in [2.75, 3.05) is 38.7 Å². The van der Waals surface area contributed by atoms with Crippen molar-refractivity contribution in [3.63, 3.8) is 0 Å². The van der Waals surface area contributed by atoms with Crippen LogP contribution in [0.4, 0.5) is 10.5 Å². The van der Waals surface area contributed by atoms with Gasteiger partial charge in [-0.25, -0.2) is 4.79 Å². The number of nitrogens with zero attached hydrogens (tertiary/aromatic N) is 3. The molecular weight excluding hydrogens is 488 g/mol. The van der Waals surface area contributed by atoms with Crippen molar-refractivity contribution in [2.24, 2.45) is 0 Å². The lowest BCUT2D eigenvalue weighted by atomic mass is 9.95. The van der Waals surface area contributed by atoms with Gasteiger partial charge in [0, 0.05) is 49.3 Å². The molecule has 0 aliphatic carbocycles. The Bertz CT molecular complexity index is 1240. The number of amides is 3. The van der Waals surface area contributed by atoms with Crippen LogP contribution in [0.15, 0.2) is 60.8 Å². The number of carbonyl (C=O) groups excluding carboxylic acids is 2. The van der Waals surface area contributed by atoms with Crippen LogP contribution in [0.25, 0.3) is 0 Å². The Balaban J connectivity index is 1.56. The largest absolute Gasteiger partial charge is 0.383 e. The number of anilines is 1. The molecule has 1 aliphatic rings. The zero-order valence-electron chi connectivity index (χ0n) is 21.9. The number of benzene rings is 2. The monoisotopic (exact) mass is 522 g/mol. The molecule has 0 fully saturated rings. The van der Waals surface area contributed by atoms with Crippen molar-refractivity contribution >= 4 is 29.2 Å². The zero-order valence-corrected chi connectivity index (χ0v) is 22.7. The second kappa shape index (κ2) is 11.8. The van der Waals surface area contributed by atoms with E-state index in [4.69, 9.17) is 16.3 Å². The summed E-state index contributed by atoms with van der Waals surface area (Å²) in [6.07, 6.45) is 2.05. The molecule has 1 aromatic heterocycles. The third-order valence-electron chi connectivity index (χ3n) is 6.88. The molecule has 0 bridgehead atoms. The summed E-state index contributed by atoms with van der Waals surface area (Å²) >= 11 is 6.23. The minimum atomic E-state index is -0.372. The number of hydrogen-bond donors (Lipinski definition) is 1. The van der Waals surface area contributed by atoms with Gasteiger partial charge in [0.25, 0.3) is 0 Å². The van der Waals surface area contributed by atoms with Gasteiger partial charge in [0.2, 0.25) is 5.91 Å². The molecule has 1 atom stereocenters. The highest BCUT2D eigenvalue weighted by Crippen LogP contribution is 2.33. The van der Waals surface area contributed by atoms with Crippen LogP contribution in [0.2, 0.25) is 5.02 Å². The van der Waals surface area contributed by atoms with Crippen molar-refractivity contribution in [3.05, 3.63) is 88.2 Å². The van der Waals surface area contributed by atoms with Gasteiger partial charge in [0.15, 0.2) is 0 Å². The summed E-state index contributed by atoms with van der Waals surface area (Å²) in [4.78, 5) is 30.3. The average Bonchev–Trinajstić information content (AvgIpc) is 3.37. The lowest BCUT2D eigenvalue weighted by Crippen LogP contribution is -2.49. The Morgan fingerprint density at radius 1 is 1.14 bits per heavy atom. The molecule has 4 rings (SSSR count). The Hall–Kier alpha value is -3.29. The first-order chi connectivity index (χ1) is 17.8. The van der Waals surface area contributed by atoms with Gasteiger partial charge < -0.3 is 24.4 Å². The van der Waals surface area contributed by atoms with Gasteiger partial charge in [-0.05, 0) is 53.8 Å². The predicted molar refractivity (Wildman–Crippen MR) is 147 cm³/mol. The second-order valence-corrected chi connectivity index (χ2v) is 10.2. The van der Waals surface area contributed by atoms with E-state index in [0.29, 0.717) is 36.3 Å². The topological polar surface area (TPSA) is 66.8 Å². The van der Waals surface area contributed by atoms with Crippen molar-refractivity contribution < 1.29 is 14.3 Å². The number of ether oxygens (including phenoxy) is 1. The Labute approximate surface area is 224 Å². The number of methoxy groups -OCH3 is 1. The minimum Gasteiger partial charge on any atom is -0.383 e. The summed E-state index contributed by atoms with van der Waals surface area (Å²) in [5.74, 6) is 0.317. The van der Waals surface area contributed by atoms with Crippen LogP contribution in [0.5, 0.6) is 0 Å². The van der Waals surface area contributed by atoms with Crippen molar-refractivity contribution in [3.8, 4) is 0 Å². The lowest BCUT2D eigenvalue weighted by molar-refractivity contribution is -0.134. The molecule has 7 nitrogen and oxygen atoms in total. The van der Waals surface area contributed by atoms with E-state index in [9.17, 15) is 9.59 Å². The van der Waals surface area contributed by atoms with Crippen molar-refractivity contribution in [2.45, 2.75) is 39.3 Å². The van der Waals surface area contributed by atoms with E-state index in [-0.39, 0.29) is 31.1 Å². The number of aromatic nitrogens is 1. The van der Waals surface area contributed by atoms with Crippen LogP contribution in [0, 0.1) is 6.92 Å². The maximum absolute atomic E-state index is 13.8. The SMILES string of the molecule is COCCN(CC(=O)N1CCn2cccc2C1c1ccc(C(C)C)cc1)C(=O)Nc1ccc(C)c(Cl)c1. The van der Waals surface area contributed by atoms with Crippen LogP contribution in [0.1, 0.15) is 48.2 Å². The molecule has 3 aromatic rings. The van der Waals surface area contributed by atoms with Gasteiger partial charge in [-0.2, -0.15) is 0 Å². The molecule has 1 N–H and O–H groups in total. The van der Waals surface area contributed by atoms with Crippen LogP contribution < -0.4 is 5.32 Å². The zero-order chi connectivity index (χ0) is 26.5. The molecular formula is C29H35ClN4O3. The Morgan fingerprint density at radius 3 is 2.57 bits per heavy atom. The second-order valence-electron chi connectivity index (χ2n) is 9.75. The minimum absolute atomic E-state index is 0.0595. The van der Waals surface area contributed by atoms with Crippen LogP contribution in [-0.2, 0) is 16.1 Å². The summed E-state index contributed by atoms with van der Waals surface area (Å²) in [6.45, 7) is 8.05. The molecule has 0 spiro atoms. The number of carbonyl (C=O) groups is 2. The lowest BCUT2D eigenvalue weighted by Gasteiger charge is -2.38. The first-order valence-electron chi connectivity index (χ1n) is 12.6. The summed E-state index contributed by atoms with van der Waals surface area (Å²) in [5.41, 5.74) is 4.88. The number of rotatable bonds is 8. The molecule has 1 unspecified atom stereocenters. The number of hydrogen-bond acceptors (Lipinski definition) is 3. The normalized spacial score (nSPS) is 15.0. The predicted octanol–water partition coefficient (Wildman–Crippen LogP) is 5.69.